The van der Waals surface area contributed by atoms with Crippen LogP contribution >= 0.6 is 0 Å². The first-order valence-corrected chi connectivity index (χ1v) is 11.3. The summed E-state index contributed by atoms with van der Waals surface area (Å²) in [7, 11) is -3.62. The quantitative estimate of drug-likeness (QED) is 0.709. The Morgan fingerprint density at radius 3 is 2.34 bits per heavy atom. The van der Waals surface area contributed by atoms with Gasteiger partial charge in [-0.2, -0.15) is 17.5 Å². The maximum Gasteiger partial charge on any atom is 0.416 e. The van der Waals surface area contributed by atoms with Gasteiger partial charge in [-0.15, -0.1) is 0 Å². The van der Waals surface area contributed by atoms with Crippen molar-refractivity contribution in [2.45, 2.75) is 18.0 Å². The number of sulfonamides is 1. The molecule has 0 unspecified atom stereocenters. The molecule has 0 radical (unpaired) electrons. The summed E-state index contributed by atoms with van der Waals surface area (Å²) in [6.45, 7) is 2.60. The van der Waals surface area contributed by atoms with Gasteiger partial charge in [0.2, 0.25) is 10.0 Å². The summed E-state index contributed by atoms with van der Waals surface area (Å²) in [6.07, 6.45) is -4.44. The molecule has 2 aromatic rings. The summed E-state index contributed by atoms with van der Waals surface area (Å²) < 4.78 is 65.0. The Balaban J connectivity index is 1.50. The summed E-state index contributed by atoms with van der Waals surface area (Å²) in [5.41, 5.74) is 0.373. The van der Waals surface area contributed by atoms with Crippen LogP contribution in [-0.2, 0) is 16.2 Å². The Kier molecular flexibility index (Phi) is 7.11. The lowest BCUT2D eigenvalue weighted by Crippen LogP contribution is -2.53. The van der Waals surface area contributed by atoms with Crippen molar-refractivity contribution in [2.24, 2.45) is 0 Å². The summed E-state index contributed by atoms with van der Waals surface area (Å²) in [5, 5.41) is 2.58. The average molecular weight is 465 g/mol. The van der Waals surface area contributed by atoms with Crippen LogP contribution in [0.5, 0.6) is 0 Å². The number of rotatable bonds is 3. The smallest absolute Gasteiger partial charge is 0.327 e. The number of hydrogen-bond acceptors (Lipinski definition) is 3. The molecule has 0 saturated carbocycles. The Bertz CT molecular complexity index is 1130. The van der Waals surface area contributed by atoms with Crippen molar-refractivity contribution in [3.63, 3.8) is 0 Å². The molecule has 1 aliphatic rings. The lowest BCUT2D eigenvalue weighted by Gasteiger charge is -2.33. The molecule has 2 amide bonds. The number of piperazine rings is 1. The van der Waals surface area contributed by atoms with Gasteiger partial charge in [-0.3, -0.25) is 0 Å². The fraction of sp³-hybridized carbons (Fsp3) is 0.318. The van der Waals surface area contributed by atoms with Crippen LogP contribution in [0.15, 0.2) is 53.4 Å². The number of amides is 2. The van der Waals surface area contributed by atoms with E-state index >= 15 is 0 Å². The van der Waals surface area contributed by atoms with Crippen molar-refractivity contribution >= 4 is 16.1 Å². The lowest BCUT2D eigenvalue weighted by molar-refractivity contribution is -0.137. The third kappa shape index (κ3) is 5.81. The minimum atomic E-state index is -4.44. The van der Waals surface area contributed by atoms with E-state index < -0.39 is 27.8 Å². The van der Waals surface area contributed by atoms with Crippen molar-refractivity contribution in [1.82, 2.24) is 14.5 Å². The van der Waals surface area contributed by atoms with Gasteiger partial charge < -0.3 is 10.2 Å². The molecule has 0 aromatic heterocycles. The van der Waals surface area contributed by atoms with E-state index in [1.807, 2.05) is 6.92 Å². The van der Waals surface area contributed by atoms with E-state index in [1.54, 1.807) is 24.3 Å². The first-order chi connectivity index (χ1) is 15.1. The van der Waals surface area contributed by atoms with E-state index in [0.717, 1.165) is 17.7 Å². The molecule has 0 atom stereocenters. The highest BCUT2D eigenvalue weighted by Crippen LogP contribution is 2.29. The van der Waals surface area contributed by atoms with Crippen LogP contribution in [0.25, 0.3) is 0 Å². The van der Waals surface area contributed by atoms with E-state index in [1.165, 1.54) is 21.3 Å². The van der Waals surface area contributed by atoms with Crippen LogP contribution in [0.1, 0.15) is 16.7 Å². The van der Waals surface area contributed by atoms with Crippen LogP contribution in [0.2, 0.25) is 0 Å². The molecule has 1 aliphatic heterocycles. The first kappa shape index (κ1) is 23.6. The van der Waals surface area contributed by atoms with Crippen LogP contribution in [0.3, 0.4) is 0 Å². The average Bonchev–Trinajstić information content (AvgIpc) is 2.76. The highest BCUT2D eigenvalue weighted by Gasteiger charge is 2.31. The third-order valence-corrected chi connectivity index (χ3v) is 6.85. The topological polar surface area (TPSA) is 69.7 Å². The van der Waals surface area contributed by atoms with Gasteiger partial charge in [0.15, 0.2) is 0 Å². The Morgan fingerprint density at radius 1 is 1.06 bits per heavy atom. The number of nitrogens with one attached hydrogen (secondary N) is 1. The van der Waals surface area contributed by atoms with Gasteiger partial charge in [-0.25, -0.2) is 13.2 Å². The number of hydrogen-bond donors (Lipinski definition) is 1. The normalized spacial score (nSPS) is 15.1. The zero-order chi connectivity index (χ0) is 23.4. The fourth-order valence-electron chi connectivity index (χ4n) is 3.14. The molecule has 1 saturated heterocycles. The first-order valence-electron chi connectivity index (χ1n) is 9.83. The molecule has 2 aromatic carbocycles. The lowest BCUT2D eigenvalue weighted by atomic mass is 10.1. The zero-order valence-electron chi connectivity index (χ0n) is 17.3. The van der Waals surface area contributed by atoms with E-state index in [-0.39, 0.29) is 43.2 Å². The summed E-state index contributed by atoms with van der Waals surface area (Å²) in [6, 6.07) is 10.8. The number of alkyl halides is 3. The molecule has 1 fully saturated rings. The van der Waals surface area contributed by atoms with E-state index in [0.29, 0.717) is 0 Å². The van der Waals surface area contributed by atoms with Crippen LogP contribution in [0, 0.1) is 18.8 Å². The van der Waals surface area contributed by atoms with E-state index in [2.05, 4.69) is 17.2 Å². The number of benzene rings is 2. The van der Waals surface area contributed by atoms with Gasteiger partial charge in [0, 0.05) is 31.7 Å². The molecule has 0 spiro atoms. The fourth-order valence-corrected chi connectivity index (χ4v) is 4.56. The molecule has 10 heteroatoms. The number of carbonyl (C=O) groups excluding carboxylic acids is 1. The maximum atomic E-state index is 12.7. The van der Waals surface area contributed by atoms with Gasteiger partial charge in [0.25, 0.3) is 0 Å². The highest BCUT2D eigenvalue weighted by atomic mass is 32.2. The Labute approximate surface area is 185 Å². The number of nitrogens with zero attached hydrogens (tertiary/aromatic N) is 2. The van der Waals surface area contributed by atoms with Crippen molar-refractivity contribution in [3.8, 4) is 11.8 Å². The van der Waals surface area contributed by atoms with Gasteiger partial charge in [-0.05, 0) is 37.3 Å². The Hall–Kier alpha value is -3.03. The number of aryl methyl sites for hydroxylation is 1. The van der Waals surface area contributed by atoms with Crippen molar-refractivity contribution in [2.75, 3.05) is 32.7 Å². The molecule has 1 heterocycles. The second-order valence-electron chi connectivity index (χ2n) is 7.24. The summed E-state index contributed by atoms with van der Waals surface area (Å²) in [4.78, 5) is 14.0. The summed E-state index contributed by atoms with van der Waals surface area (Å²) >= 11 is 0. The van der Waals surface area contributed by atoms with Gasteiger partial charge >= 0.3 is 12.2 Å². The largest absolute Gasteiger partial charge is 0.416 e. The van der Waals surface area contributed by atoms with Crippen molar-refractivity contribution in [1.29, 1.82) is 0 Å². The predicted octanol–water partition coefficient (Wildman–Crippen LogP) is 3.08. The molecule has 170 valence electrons. The van der Waals surface area contributed by atoms with Crippen molar-refractivity contribution < 1.29 is 26.4 Å². The highest BCUT2D eigenvalue weighted by molar-refractivity contribution is 7.89. The van der Waals surface area contributed by atoms with Crippen LogP contribution < -0.4 is 5.32 Å². The molecule has 32 heavy (non-hydrogen) atoms. The number of carbonyl (C=O) groups is 1. The Morgan fingerprint density at radius 2 is 1.72 bits per heavy atom. The second-order valence-corrected chi connectivity index (χ2v) is 9.18. The summed E-state index contributed by atoms with van der Waals surface area (Å²) in [5.74, 6) is 5.22. The van der Waals surface area contributed by atoms with E-state index in [9.17, 15) is 26.4 Å². The van der Waals surface area contributed by atoms with E-state index in [4.69, 9.17) is 0 Å². The van der Waals surface area contributed by atoms with Crippen LogP contribution in [-0.4, -0.2) is 56.4 Å². The molecular weight excluding hydrogens is 443 g/mol. The second kappa shape index (κ2) is 9.63. The van der Waals surface area contributed by atoms with Gasteiger partial charge in [0.1, 0.15) is 0 Å². The molecular formula is C22H22F3N3O3S. The minimum Gasteiger partial charge on any atom is -0.327 e. The van der Waals surface area contributed by atoms with Crippen molar-refractivity contribution in [3.05, 3.63) is 65.2 Å². The molecule has 1 N–H and O–H groups in total. The zero-order valence-corrected chi connectivity index (χ0v) is 18.1. The van der Waals surface area contributed by atoms with Gasteiger partial charge in [-0.1, -0.05) is 35.6 Å². The third-order valence-electron chi connectivity index (χ3n) is 4.94. The predicted molar refractivity (Wildman–Crippen MR) is 113 cm³/mol. The molecule has 3 rings (SSSR count). The standard InChI is InChI=1S/C22H22F3N3O3S/c1-17-7-9-20(10-8-17)32(30,31)28-14-12-27(13-15-28)21(29)26-11-3-5-18-4-2-6-19(16-18)22(23,24)25/h2,4,6-10,16H,11-15H2,1H3,(H,26,29). The SMILES string of the molecule is Cc1ccc(S(=O)(=O)N2CCN(C(=O)NCC#Cc3cccc(C(F)(F)F)c3)CC2)cc1. The minimum absolute atomic E-state index is 0.0447. The molecule has 0 aliphatic carbocycles. The maximum absolute atomic E-state index is 12.7. The molecule has 0 bridgehead atoms. The van der Waals surface area contributed by atoms with Crippen LogP contribution in [0.4, 0.5) is 18.0 Å². The monoisotopic (exact) mass is 465 g/mol. The number of urea groups is 1. The molecule has 6 nitrogen and oxygen atoms in total. The van der Waals surface area contributed by atoms with Gasteiger partial charge in [0.05, 0.1) is 17.0 Å². The number of halogens is 3.